The van der Waals surface area contributed by atoms with E-state index in [2.05, 4.69) is 0 Å². The third-order valence-electron chi connectivity index (χ3n) is 3.32. The molecule has 86 valence electrons. The topological polar surface area (TPSA) is 67.5 Å². The van der Waals surface area contributed by atoms with Gasteiger partial charge >= 0.3 is 5.97 Å². The molecule has 0 unspecified atom stereocenters. The molecule has 0 radical (unpaired) electrons. The summed E-state index contributed by atoms with van der Waals surface area (Å²) in [5.41, 5.74) is -0.218. The van der Waals surface area contributed by atoms with Crippen molar-refractivity contribution >= 4 is 22.7 Å². The summed E-state index contributed by atoms with van der Waals surface area (Å²) in [5, 5.41) is 9.78. The molecule has 1 aliphatic carbocycles. The molecule has 1 aliphatic rings. The van der Waals surface area contributed by atoms with Gasteiger partial charge in [-0.1, -0.05) is 18.2 Å². The van der Waals surface area contributed by atoms with Crippen LogP contribution in [-0.4, -0.2) is 16.9 Å². The van der Waals surface area contributed by atoms with Gasteiger partial charge in [-0.05, 0) is 18.9 Å². The van der Waals surface area contributed by atoms with Crippen LogP contribution >= 0.6 is 0 Å². The van der Waals surface area contributed by atoms with Gasteiger partial charge in [0, 0.05) is 5.39 Å². The summed E-state index contributed by atoms with van der Waals surface area (Å²) in [6, 6.07) is 7.13. The van der Waals surface area contributed by atoms with Crippen molar-refractivity contribution < 1.29 is 19.1 Å². The van der Waals surface area contributed by atoms with Crippen molar-refractivity contribution in [2.24, 2.45) is 5.41 Å². The average Bonchev–Trinajstić information content (AvgIpc) is 3.03. The van der Waals surface area contributed by atoms with Crippen molar-refractivity contribution in [3.05, 3.63) is 36.1 Å². The van der Waals surface area contributed by atoms with E-state index in [1.165, 1.54) is 6.26 Å². The van der Waals surface area contributed by atoms with Gasteiger partial charge in [-0.2, -0.15) is 0 Å². The van der Waals surface area contributed by atoms with Crippen LogP contribution in [0.4, 0.5) is 0 Å². The number of carboxylic acids is 1. The Bertz CT molecular complexity index is 619. The van der Waals surface area contributed by atoms with E-state index in [4.69, 9.17) is 9.52 Å². The fourth-order valence-electron chi connectivity index (χ4n) is 2.07. The van der Waals surface area contributed by atoms with E-state index in [-0.39, 0.29) is 5.78 Å². The molecule has 1 heterocycles. The molecule has 2 aromatic rings. The summed E-state index contributed by atoms with van der Waals surface area (Å²) in [4.78, 5) is 23.3. The highest BCUT2D eigenvalue weighted by Gasteiger charge is 2.57. The molecular weight excluding hydrogens is 220 g/mol. The van der Waals surface area contributed by atoms with E-state index in [1.807, 2.05) is 6.07 Å². The van der Waals surface area contributed by atoms with Crippen LogP contribution in [-0.2, 0) is 4.79 Å². The Balaban J connectivity index is 2.11. The molecule has 1 fully saturated rings. The first-order chi connectivity index (χ1) is 8.15. The average molecular weight is 230 g/mol. The Hall–Kier alpha value is -2.10. The maximum Gasteiger partial charge on any atom is 0.317 e. The van der Waals surface area contributed by atoms with E-state index < -0.39 is 11.4 Å². The summed E-state index contributed by atoms with van der Waals surface area (Å²) in [7, 11) is 0. The number of hydrogen-bond donors (Lipinski definition) is 1. The van der Waals surface area contributed by atoms with Gasteiger partial charge in [0.05, 0.1) is 5.56 Å². The van der Waals surface area contributed by atoms with Gasteiger partial charge in [0.25, 0.3) is 0 Å². The highest BCUT2D eigenvalue weighted by molar-refractivity contribution is 6.19. The number of hydrogen-bond acceptors (Lipinski definition) is 3. The summed E-state index contributed by atoms with van der Waals surface area (Å²) in [5.74, 6) is -1.37. The van der Waals surface area contributed by atoms with Crippen LogP contribution in [0.3, 0.4) is 0 Å². The molecule has 4 nitrogen and oxygen atoms in total. The van der Waals surface area contributed by atoms with Crippen LogP contribution in [0.2, 0.25) is 0 Å². The second kappa shape index (κ2) is 3.20. The van der Waals surface area contributed by atoms with Crippen LogP contribution in [0.25, 0.3) is 11.0 Å². The number of carbonyl (C=O) groups is 2. The summed E-state index contributed by atoms with van der Waals surface area (Å²) >= 11 is 0. The number of carboxylic acid groups (broad SMARTS) is 1. The largest absolute Gasteiger partial charge is 0.480 e. The minimum atomic E-state index is -1.20. The Morgan fingerprint density at radius 2 is 1.94 bits per heavy atom. The van der Waals surface area contributed by atoms with Crippen molar-refractivity contribution in [2.45, 2.75) is 12.8 Å². The lowest BCUT2D eigenvalue weighted by molar-refractivity contribution is -0.141. The standard InChI is InChI=1S/C13H10O4/c14-11(13(5-6-13)12(15)16)9-7-17-10-4-2-1-3-8(9)10/h1-4,7H,5-6H2,(H,15,16). The molecule has 0 aliphatic heterocycles. The van der Waals surface area contributed by atoms with Crippen LogP contribution in [0, 0.1) is 5.41 Å². The Labute approximate surface area is 96.8 Å². The summed E-state index contributed by atoms with van der Waals surface area (Å²) < 4.78 is 5.26. The van der Waals surface area contributed by atoms with Gasteiger partial charge in [-0.15, -0.1) is 0 Å². The third-order valence-corrected chi connectivity index (χ3v) is 3.32. The number of benzene rings is 1. The van der Waals surface area contributed by atoms with Gasteiger partial charge in [0.15, 0.2) is 5.78 Å². The molecule has 17 heavy (non-hydrogen) atoms. The molecule has 1 saturated carbocycles. The van der Waals surface area contributed by atoms with Crippen molar-refractivity contribution in [3.8, 4) is 0 Å². The van der Waals surface area contributed by atoms with Crippen molar-refractivity contribution in [1.82, 2.24) is 0 Å². The number of para-hydroxylation sites is 1. The predicted molar refractivity (Wildman–Crippen MR) is 59.8 cm³/mol. The molecule has 4 heteroatoms. The summed E-state index contributed by atoms with van der Waals surface area (Å²) in [6.07, 6.45) is 2.19. The minimum absolute atomic E-state index is 0.338. The lowest BCUT2D eigenvalue weighted by Gasteiger charge is -2.06. The maximum absolute atomic E-state index is 12.2. The molecule has 3 rings (SSSR count). The van der Waals surface area contributed by atoms with E-state index in [9.17, 15) is 9.59 Å². The van der Waals surface area contributed by atoms with Gasteiger partial charge in [-0.3, -0.25) is 9.59 Å². The van der Waals surface area contributed by atoms with Crippen LogP contribution in [0.1, 0.15) is 23.2 Å². The second-order valence-electron chi connectivity index (χ2n) is 4.36. The molecule has 0 amide bonds. The first-order valence-corrected chi connectivity index (χ1v) is 5.39. The molecule has 1 aromatic carbocycles. The predicted octanol–water partition coefficient (Wildman–Crippen LogP) is 2.48. The first kappa shape index (κ1) is 10.1. The Kier molecular flexibility index (Phi) is 1.90. The molecule has 0 atom stereocenters. The van der Waals surface area contributed by atoms with Gasteiger partial charge < -0.3 is 9.52 Å². The fourth-order valence-corrected chi connectivity index (χ4v) is 2.07. The normalized spacial score (nSPS) is 16.9. The molecule has 0 bridgehead atoms. The van der Waals surface area contributed by atoms with Crippen LogP contribution < -0.4 is 0 Å². The zero-order valence-electron chi connectivity index (χ0n) is 8.97. The smallest absolute Gasteiger partial charge is 0.317 e. The lowest BCUT2D eigenvalue weighted by atomic mass is 9.94. The number of carbonyl (C=O) groups excluding carboxylic acids is 1. The van der Waals surface area contributed by atoms with E-state index in [0.29, 0.717) is 29.4 Å². The molecule has 0 spiro atoms. The number of ketones is 1. The highest BCUT2D eigenvalue weighted by atomic mass is 16.4. The maximum atomic E-state index is 12.2. The SMILES string of the molecule is O=C(O)C1(C(=O)c2coc3ccccc23)CC1. The molecule has 1 aromatic heterocycles. The van der Waals surface area contributed by atoms with Crippen molar-refractivity contribution in [2.75, 3.05) is 0 Å². The van der Waals surface area contributed by atoms with Crippen LogP contribution in [0.5, 0.6) is 0 Å². The Morgan fingerprint density at radius 3 is 2.59 bits per heavy atom. The quantitative estimate of drug-likeness (QED) is 0.649. The third kappa shape index (κ3) is 1.30. The highest BCUT2D eigenvalue weighted by Crippen LogP contribution is 2.49. The summed E-state index contributed by atoms with van der Waals surface area (Å²) in [6.45, 7) is 0. The zero-order chi connectivity index (χ0) is 12.0. The number of aliphatic carboxylic acids is 1. The van der Waals surface area contributed by atoms with Crippen LogP contribution in [0.15, 0.2) is 34.9 Å². The zero-order valence-corrected chi connectivity index (χ0v) is 8.97. The monoisotopic (exact) mass is 230 g/mol. The minimum Gasteiger partial charge on any atom is -0.480 e. The number of furan rings is 1. The number of Topliss-reactive ketones (excluding diaryl/α,β-unsaturated/α-hetero) is 1. The number of rotatable bonds is 3. The fraction of sp³-hybridized carbons (Fsp3) is 0.231. The molecule has 0 saturated heterocycles. The van der Waals surface area contributed by atoms with Crippen molar-refractivity contribution in [3.63, 3.8) is 0 Å². The first-order valence-electron chi connectivity index (χ1n) is 5.39. The number of fused-ring (bicyclic) bond motifs is 1. The van der Waals surface area contributed by atoms with E-state index in [0.717, 1.165) is 0 Å². The second-order valence-corrected chi connectivity index (χ2v) is 4.36. The van der Waals surface area contributed by atoms with E-state index in [1.54, 1.807) is 18.2 Å². The molecule has 1 N–H and O–H groups in total. The molecular formula is C13H10O4. The van der Waals surface area contributed by atoms with Gasteiger partial charge in [0.2, 0.25) is 0 Å². The Morgan fingerprint density at radius 1 is 1.24 bits per heavy atom. The lowest BCUT2D eigenvalue weighted by Crippen LogP contribution is -2.25. The van der Waals surface area contributed by atoms with Gasteiger partial charge in [-0.25, -0.2) is 0 Å². The van der Waals surface area contributed by atoms with Gasteiger partial charge in [0.1, 0.15) is 17.3 Å². The van der Waals surface area contributed by atoms with E-state index >= 15 is 0 Å². The van der Waals surface area contributed by atoms with Crippen molar-refractivity contribution in [1.29, 1.82) is 0 Å².